The molecule has 0 bridgehead atoms. The van der Waals surface area contributed by atoms with Gasteiger partial charge in [-0.2, -0.15) is 0 Å². The fraction of sp³-hybridized carbons (Fsp3) is 0.467. The molecule has 1 aliphatic heterocycles. The highest BCUT2D eigenvalue weighted by atomic mass is 16.5. The summed E-state index contributed by atoms with van der Waals surface area (Å²) in [5, 5.41) is 0. The third-order valence-corrected chi connectivity index (χ3v) is 3.47. The second-order valence-electron chi connectivity index (χ2n) is 5.04. The molecule has 2 rings (SSSR count). The normalized spacial score (nSPS) is 24.1. The molecule has 2 N–H and O–H groups in total. The molecule has 3 nitrogen and oxygen atoms in total. The summed E-state index contributed by atoms with van der Waals surface area (Å²) in [4.78, 5) is 2.39. The Labute approximate surface area is 109 Å². The van der Waals surface area contributed by atoms with Crippen molar-refractivity contribution in [2.24, 2.45) is 11.7 Å². The van der Waals surface area contributed by atoms with Crippen LogP contribution in [0.5, 0.6) is 5.75 Å². The summed E-state index contributed by atoms with van der Waals surface area (Å²) in [6.07, 6.45) is 1.77. The molecule has 1 fully saturated rings. The molecule has 1 aromatic carbocycles. The lowest BCUT2D eigenvalue weighted by Gasteiger charge is -2.17. The first kappa shape index (κ1) is 13.1. The van der Waals surface area contributed by atoms with E-state index in [1.54, 1.807) is 6.08 Å². The lowest BCUT2D eigenvalue weighted by atomic mass is 10.1. The second-order valence-corrected chi connectivity index (χ2v) is 5.04. The Bertz CT molecular complexity index is 395. The van der Waals surface area contributed by atoms with Crippen LogP contribution in [0, 0.1) is 5.92 Å². The van der Waals surface area contributed by atoms with Crippen molar-refractivity contribution in [1.82, 2.24) is 4.90 Å². The van der Waals surface area contributed by atoms with Gasteiger partial charge in [0.1, 0.15) is 12.4 Å². The molecule has 2 atom stereocenters. The van der Waals surface area contributed by atoms with E-state index >= 15 is 0 Å². The highest BCUT2D eigenvalue weighted by Gasteiger charge is 2.26. The predicted octanol–water partition coefficient (Wildman–Crippen LogP) is 2.03. The molecule has 1 saturated heterocycles. The van der Waals surface area contributed by atoms with Crippen molar-refractivity contribution in [3.05, 3.63) is 42.5 Å². The molecular formula is C15H22N2O. The Morgan fingerprint density at radius 1 is 1.44 bits per heavy atom. The fourth-order valence-corrected chi connectivity index (χ4v) is 2.39. The minimum atomic E-state index is 0.297. The van der Waals surface area contributed by atoms with Gasteiger partial charge in [-0.25, -0.2) is 0 Å². The predicted molar refractivity (Wildman–Crippen MR) is 74.6 cm³/mol. The average Bonchev–Trinajstić information content (AvgIpc) is 2.67. The number of hydrogen-bond acceptors (Lipinski definition) is 3. The van der Waals surface area contributed by atoms with Crippen LogP contribution in [0.3, 0.4) is 0 Å². The van der Waals surface area contributed by atoms with Crippen LogP contribution in [0.2, 0.25) is 0 Å². The first-order valence-electron chi connectivity index (χ1n) is 6.50. The summed E-state index contributed by atoms with van der Waals surface area (Å²) in [7, 11) is 0. The van der Waals surface area contributed by atoms with E-state index in [-0.39, 0.29) is 0 Å². The molecule has 0 saturated carbocycles. The van der Waals surface area contributed by atoms with E-state index in [1.165, 1.54) is 5.56 Å². The number of ether oxygens (including phenoxy) is 1. The number of para-hydroxylation sites is 1. The van der Waals surface area contributed by atoms with Crippen molar-refractivity contribution in [2.45, 2.75) is 19.5 Å². The molecule has 98 valence electrons. The second kappa shape index (κ2) is 6.03. The maximum Gasteiger partial charge on any atom is 0.124 e. The van der Waals surface area contributed by atoms with E-state index in [0.29, 0.717) is 18.6 Å². The van der Waals surface area contributed by atoms with E-state index < -0.39 is 0 Å². The lowest BCUT2D eigenvalue weighted by Crippen LogP contribution is -2.28. The highest BCUT2D eigenvalue weighted by molar-refractivity contribution is 5.33. The van der Waals surface area contributed by atoms with Gasteiger partial charge in [-0.15, -0.1) is 0 Å². The van der Waals surface area contributed by atoms with E-state index in [1.807, 2.05) is 12.1 Å². The monoisotopic (exact) mass is 246 g/mol. The molecular weight excluding hydrogens is 224 g/mol. The Kier molecular flexibility index (Phi) is 4.39. The highest BCUT2D eigenvalue weighted by Crippen LogP contribution is 2.23. The molecule has 1 aliphatic rings. The SMILES string of the molecule is C=CCOc1ccccc1CN1CC(C)C(N)C1. The average molecular weight is 246 g/mol. The van der Waals surface area contributed by atoms with Gasteiger partial charge in [0, 0.05) is 31.2 Å². The van der Waals surface area contributed by atoms with E-state index in [4.69, 9.17) is 10.5 Å². The van der Waals surface area contributed by atoms with E-state index in [9.17, 15) is 0 Å². The van der Waals surface area contributed by atoms with Gasteiger partial charge in [0.05, 0.1) is 0 Å². The van der Waals surface area contributed by atoms with Crippen molar-refractivity contribution in [1.29, 1.82) is 0 Å². The van der Waals surface area contributed by atoms with Gasteiger partial charge in [-0.1, -0.05) is 37.8 Å². The summed E-state index contributed by atoms with van der Waals surface area (Å²) < 4.78 is 5.67. The van der Waals surface area contributed by atoms with Crippen LogP contribution < -0.4 is 10.5 Å². The zero-order valence-corrected chi connectivity index (χ0v) is 11.0. The molecule has 0 aliphatic carbocycles. The molecule has 1 aromatic rings. The van der Waals surface area contributed by atoms with Crippen LogP contribution in [0.4, 0.5) is 0 Å². The maximum atomic E-state index is 6.05. The van der Waals surface area contributed by atoms with Gasteiger partial charge in [-0.05, 0) is 12.0 Å². The first-order chi connectivity index (χ1) is 8.70. The fourth-order valence-electron chi connectivity index (χ4n) is 2.39. The Hall–Kier alpha value is -1.32. The zero-order valence-electron chi connectivity index (χ0n) is 11.0. The van der Waals surface area contributed by atoms with Crippen molar-refractivity contribution in [3.63, 3.8) is 0 Å². The van der Waals surface area contributed by atoms with Crippen LogP contribution in [-0.2, 0) is 6.54 Å². The van der Waals surface area contributed by atoms with Crippen LogP contribution >= 0.6 is 0 Å². The smallest absolute Gasteiger partial charge is 0.124 e. The summed E-state index contributed by atoms with van der Waals surface area (Å²) >= 11 is 0. The molecule has 18 heavy (non-hydrogen) atoms. The van der Waals surface area contributed by atoms with Crippen molar-refractivity contribution in [2.75, 3.05) is 19.7 Å². The standard InChI is InChI=1S/C15H22N2O/c1-3-8-18-15-7-5-4-6-13(15)10-17-9-12(2)14(16)11-17/h3-7,12,14H,1,8-11,16H2,2H3. The van der Waals surface area contributed by atoms with Crippen LogP contribution in [0.1, 0.15) is 12.5 Å². The van der Waals surface area contributed by atoms with E-state index in [0.717, 1.165) is 25.4 Å². The van der Waals surface area contributed by atoms with Crippen LogP contribution in [0.25, 0.3) is 0 Å². The van der Waals surface area contributed by atoms with Crippen molar-refractivity contribution >= 4 is 0 Å². The third-order valence-electron chi connectivity index (χ3n) is 3.47. The molecule has 0 aromatic heterocycles. The molecule has 0 spiro atoms. The van der Waals surface area contributed by atoms with Crippen LogP contribution in [0.15, 0.2) is 36.9 Å². The molecule has 2 unspecified atom stereocenters. The van der Waals surface area contributed by atoms with Crippen molar-refractivity contribution in [3.8, 4) is 5.75 Å². The van der Waals surface area contributed by atoms with Gasteiger partial charge in [0.15, 0.2) is 0 Å². The number of rotatable bonds is 5. The minimum Gasteiger partial charge on any atom is -0.489 e. The minimum absolute atomic E-state index is 0.297. The summed E-state index contributed by atoms with van der Waals surface area (Å²) in [6, 6.07) is 8.48. The third kappa shape index (κ3) is 3.12. The Morgan fingerprint density at radius 2 is 2.22 bits per heavy atom. The van der Waals surface area contributed by atoms with E-state index in [2.05, 4.69) is 30.5 Å². The lowest BCUT2D eigenvalue weighted by molar-refractivity contribution is 0.303. The number of benzene rings is 1. The number of likely N-dealkylation sites (tertiary alicyclic amines) is 1. The topological polar surface area (TPSA) is 38.5 Å². The molecule has 0 amide bonds. The number of nitrogens with zero attached hydrogens (tertiary/aromatic N) is 1. The molecule has 1 heterocycles. The maximum absolute atomic E-state index is 6.05. The zero-order chi connectivity index (χ0) is 13.0. The number of nitrogens with two attached hydrogens (primary N) is 1. The first-order valence-corrected chi connectivity index (χ1v) is 6.50. The van der Waals surface area contributed by atoms with Gasteiger partial charge < -0.3 is 10.5 Å². The largest absolute Gasteiger partial charge is 0.489 e. The summed E-state index contributed by atoms with van der Waals surface area (Å²) in [5.41, 5.74) is 7.28. The van der Waals surface area contributed by atoms with Gasteiger partial charge in [0.2, 0.25) is 0 Å². The summed E-state index contributed by atoms with van der Waals surface area (Å²) in [6.45, 7) is 9.38. The molecule has 0 radical (unpaired) electrons. The number of hydrogen-bond donors (Lipinski definition) is 1. The summed E-state index contributed by atoms with van der Waals surface area (Å²) in [5.74, 6) is 1.52. The Morgan fingerprint density at radius 3 is 2.89 bits per heavy atom. The molecule has 3 heteroatoms. The van der Waals surface area contributed by atoms with Crippen molar-refractivity contribution < 1.29 is 4.74 Å². The van der Waals surface area contributed by atoms with Gasteiger partial charge >= 0.3 is 0 Å². The van der Waals surface area contributed by atoms with Gasteiger partial charge in [-0.3, -0.25) is 4.90 Å². The van der Waals surface area contributed by atoms with Gasteiger partial charge in [0.25, 0.3) is 0 Å². The Balaban J connectivity index is 2.02. The quantitative estimate of drug-likeness (QED) is 0.808. The van der Waals surface area contributed by atoms with Crippen LogP contribution in [-0.4, -0.2) is 30.6 Å².